The number of anilines is 2. The monoisotopic (exact) mass is 298 g/mol. The van der Waals surface area contributed by atoms with Gasteiger partial charge >= 0.3 is 0 Å². The van der Waals surface area contributed by atoms with E-state index in [-0.39, 0.29) is 5.91 Å². The van der Waals surface area contributed by atoms with E-state index in [0.717, 1.165) is 21.5 Å². The molecule has 0 aliphatic rings. The molecule has 0 spiro atoms. The zero-order chi connectivity index (χ0) is 15.0. The van der Waals surface area contributed by atoms with Crippen molar-refractivity contribution in [3.63, 3.8) is 0 Å². The Morgan fingerprint density at radius 2 is 2.00 bits per heavy atom. The Labute approximate surface area is 125 Å². The number of thiophene rings is 1. The molecule has 0 saturated heterocycles. The van der Waals surface area contributed by atoms with Crippen LogP contribution in [-0.4, -0.2) is 15.9 Å². The fourth-order valence-corrected chi connectivity index (χ4v) is 3.18. The SMILES string of the molecule is Cc1cc(N)cc(C)c1NC(=O)c1csc2cncnc12. The molecular formula is C15H14N4OS. The number of hydrogen-bond acceptors (Lipinski definition) is 5. The van der Waals surface area contributed by atoms with Crippen LogP contribution in [0.25, 0.3) is 10.2 Å². The van der Waals surface area contributed by atoms with Gasteiger partial charge in [-0.05, 0) is 37.1 Å². The number of nitrogens with two attached hydrogens (primary N) is 1. The zero-order valence-corrected chi connectivity index (χ0v) is 12.5. The lowest BCUT2D eigenvalue weighted by atomic mass is 10.1. The van der Waals surface area contributed by atoms with E-state index in [1.807, 2.05) is 26.0 Å². The summed E-state index contributed by atoms with van der Waals surface area (Å²) in [6, 6.07) is 3.69. The number of fused-ring (bicyclic) bond motifs is 1. The number of nitrogens with zero attached hydrogens (tertiary/aromatic N) is 2. The van der Waals surface area contributed by atoms with Gasteiger partial charge in [-0.2, -0.15) is 0 Å². The first-order valence-corrected chi connectivity index (χ1v) is 7.29. The average molecular weight is 298 g/mol. The first-order valence-electron chi connectivity index (χ1n) is 6.41. The van der Waals surface area contributed by atoms with Crippen LogP contribution in [0.4, 0.5) is 11.4 Å². The van der Waals surface area contributed by atoms with E-state index in [1.54, 1.807) is 11.6 Å². The lowest BCUT2D eigenvalue weighted by molar-refractivity contribution is 0.102. The van der Waals surface area contributed by atoms with Crippen LogP contribution in [0.1, 0.15) is 21.5 Å². The number of carbonyl (C=O) groups is 1. The summed E-state index contributed by atoms with van der Waals surface area (Å²) >= 11 is 1.46. The first-order chi connectivity index (χ1) is 10.1. The minimum absolute atomic E-state index is 0.170. The molecule has 0 unspecified atom stereocenters. The van der Waals surface area contributed by atoms with Crippen molar-refractivity contribution in [1.29, 1.82) is 0 Å². The third kappa shape index (κ3) is 2.45. The lowest BCUT2D eigenvalue weighted by Gasteiger charge is -2.12. The predicted molar refractivity (Wildman–Crippen MR) is 85.7 cm³/mol. The molecule has 5 nitrogen and oxygen atoms in total. The molecule has 0 saturated carbocycles. The highest BCUT2D eigenvalue weighted by molar-refractivity contribution is 7.17. The van der Waals surface area contributed by atoms with Gasteiger partial charge < -0.3 is 11.1 Å². The molecule has 21 heavy (non-hydrogen) atoms. The van der Waals surface area contributed by atoms with Gasteiger partial charge in [0.05, 0.1) is 15.8 Å². The molecule has 0 bridgehead atoms. The van der Waals surface area contributed by atoms with Crippen LogP contribution in [0.3, 0.4) is 0 Å². The van der Waals surface area contributed by atoms with Crippen molar-refractivity contribution < 1.29 is 4.79 Å². The standard InChI is InChI=1S/C15H14N4OS/c1-8-3-10(16)4-9(2)13(8)19-15(20)11-6-21-12-5-17-7-18-14(11)12/h3-7H,16H2,1-2H3,(H,19,20). The third-order valence-corrected chi connectivity index (χ3v) is 4.18. The molecule has 0 aliphatic carbocycles. The molecule has 0 atom stereocenters. The molecule has 106 valence electrons. The van der Waals surface area contributed by atoms with Crippen molar-refractivity contribution in [2.24, 2.45) is 0 Å². The molecule has 2 aromatic heterocycles. The molecule has 1 aromatic carbocycles. The van der Waals surface area contributed by atoms with E-state index < -0.39 is 0 Å². The number of amides is 1. The molecule has 0 radical (unpaired) electrons. The minimum Gasteiger partial charge on any atom is -0.399 e. The smallest absolute Gasteiger partial charge is 0.258 e. The van der Waals surface area contributed by atoms with E-state index in [4.69, 9.17) is 5.73 Å². The molecular weight excluding hydrogens is 284 g/mol. The Morgan fingerprint density at radius 1 is 1.29 bits per heavy atom. The Bertz CT molecular complexity index is 818. The number of aryl methyl sites for hydroxylation is 2. The number of carbonyl (C=O) groups excluding carboxylic acids is 1. The molecule has 0 aliphatic heterocycles. The summed E-state index contributed by atoms with van der Waals surface area (Å²) in [5, 5.41) is 4.75. The Kier molecular flexibility index (Phi) is 3.31. The number of rotatable bonds is 2. The summed E-state index contributed by atoms with van der Waals surface area (Å²) in [6.07, 6.45) is 3.16. The summed E-state index contributed by atoms with van der Waals surface area (Å²) in [6.45, 7) is 3.85. The van der Waals surface area contributed by atoms with E-state index in [2.05, 4.69) is 15.3 Å². The van der Waals surface area contributed by atoms with E-state index in [9.17, 15) is 4.79 Å². The number of hydrogen-bond donors (Lipinski definition) is 2. The maximum atomic E-state index is 12.5. The van der Waals surface area contributed by atoms with Crippen LogP contribution in [0.5, 0.6) is 0 Å². The Morgan fingerprint density at radius 3 is 2.71 bits per heavy atom. The van der Waals surface area contributed by atoms with E-state index >= 15 is 0 Å². The second-order valence-electron chi connectivity index (χ2n) is 4.87. The normalized spacial score (nSPS) is 10.8. The number of aromatic nitrogens is 2. The number of benzene rings is 1. The summed E-state index contributed by atoms with van der Waals surface area (Å²) in [7, 11) is 0. The molecule has 3 aromatic rings. The fourth-order valence-electron chi connectivity index (χ4n) is 2.32. The van der Waals surface area contributed by atoms with E-state index in [1.165, 1.54) is 17.7 Å². The van der Waals surface area contributed by atoms with Crippen LogP contribution in [0.15, 0.2) is 30.0 Å². The van der Waals surface area contributed by atoms with Gasteiger partial charge in [0.15, 0.2) is 0 Å². The van der Waals surface area contributed by atoms with Crippen LogP contribution >= 0.6 is 11.3 Å². The Hall–Kier alpha value is -2.47. The van der Waals surface area contributed by atoms with Crippen molar-refractivity contribution in [2.75, 3.05) is 11.1 Å². The lowest BCUT2D eigenvalue weighted by Crippen LogP contribution is -2.13. The fraction of sp³-hybridized carbons (Fsp3) is 0.133. The van der Waals surface area contributed by atoms with Crippen LogP contribution in [-0.2, 0) is 0 Å². The van der Waals surface area contributed by atoms with Crippen molar-refractivity contribution in [3.8, 4) is 0 Å². The molecule has 1 amide bonds. The maximum Gasteiger partial charge on any atom is 0.258 e. The topological polar surface area (TPSA) is 80.9 Å². The third-order valence-electron chi connectivity index (χ3n) is 3.28. The van der Waals surface area contributed by atoms with Gasteiger partial charge in [-0.3, -0.25) is 4.79 Å². The van der Waals surface area contributed by atoms with Gasteiger partial charge in [-0.1, -0.05) is 0 Å². The Balaban J connectivity index is 1.97. The highest BCUT2D eigenvalue weighted by Crippen LogP contribution is 2.27. The predicted octanol–water partition coefficient (Wildman–Crippen LogP) is 3.14. The summed E-state index contributed by atoms with van der Waals surface area (Å²) in [5.74, 6) is -0.170. The van der Waals surface area contributed by atoms with Crippen LogP contribution < -0.4 is 11.1 Å². The maximum absolute atomic E-state index is 12.5. The van der Waals surface area contributed by atoms with E-state index in [0.29, 0.717) is 16.8 Å². The van der Waals surface area contributed by atoms with Gasteiger partial charge in [0, 0.05) is 23.0 Å². The van der Waals surface area contributed by atoms with Crippen molar-refractivity contribution in [2.45, 2.75) is 13.8 Å². The van der Waals surface area contributed by atoms with Gasteiger partial charge in [-0.25, -0.2) is 9.97 Å². The van der Waals surface area contributed by atoms with Gasteiger partial charge in [0.1, 0.15) is 6.33 Å². The molecule has 3 N–H and O–H groups in total. The summed E-state index contributed by atoms with van der Waals surface area (Å²) in [5.41, 5.74) is 10.4. The van der Waals surface area contributed by atoms with Gasteiger partial charge in [-0.15, -0.1) is 11.3 Å². The number of nitrogen functional groups attached to an aromatic ring is 1. The minimum atomic E-state index is -0.170. The second kappa shape index (κ2) is 5.14. The average Bonchev–Trinajstić information content (AvgIpc) is 2.86. The largest absolute Gasteiger partial charge is 0.399 e. The molecule has 0 fully saturated rings. The highest BCUT2D eigenvalue weighted by atomic mass is 32.1. The molecule has 6 heteroatoms. The molecule has 3 rings (SSSR count). The van der Waals surface area contributed by atoms with Crippen LogP contribution in [0.2, 0.25) is 0 Å². The van der Waals surface area contributed by atoms with Crippen molar-refractivity contribution >= 4 is 38.8 Å². The number of nitrogens with one attached hydrogen (secondary N) is 1. The highest BCUT2D eigenvalue weighted by Gasteiger charge is 2.15. The summed E-state index contributed by atoms with van der Waals surface area (Å²) in [4.78, 5) is 20.6. The van der Waals surface area contributed by atoms with Crippen LogP contribution in [0, 0.1) is 13.8 Å². The van der Waals surface area contributed by atoms with Gasteiger partial charge in [0.2, 0.25) is 0 Å². The van der Waals surface area contributed by atoms with Crippen molar-refractivity contribution in [3.05, 3.63) is 46.7 Å². The second-order valence-corrected chi connectivity index (χ2v) is 5.78. The summed E-state index contributed by atoms with van der Waals surface area (Å²) < 4.78 is 0.897. The van der Waals surface area contributed by atoms with Crippen molar-refractivity contribution in [1.82, 2.24) is 9.97 Å². The molecule has 2 heterocycles. The quantitative estimate of drug-likeness (QED) is 0.712. The first kappa shape index (κ1) is 13.5. The van der Waals surface area contributed by atoms with Gasteiger partial charge in [0.25, 0.3) is 5.91 Å². The zero-order valence-electron chi connectivity index (χ0n) is 11.7.